The van der Waals surface area contributed by atoms with Gasteiger partial charge in [-0.1, -0.05) is 11.6 Å². The molecule has 1 aromatic carbocycles. The largest absolute Gasteiger partial charge is 0.443 e. The van der Waals surface area contributed by atoms with Crippen LogP contribution in [0.1, 0.15) is 46.5 Å². The fraction of sp³-hybridized carbons (Fsp3) is 0.545. The minimum absolute atomic E-state index is 0.0381. The molecule has 3 heterocycles. The molecule has 0 aliphatic carbocycles. The Labute approximate surface area is 206 Å². The maximum absolute atomic E-state index is 15.4. The van der Waals surface area contributed by atoms with E-state index in [1.807, 2.05) is 0 Å². The molecule has 4 rings (SSSR count). The number of halogens is 2. The monoisotopic (exact) mass is 530 g/mol. The van der Waals surface area contributed by atoms with E-state index in [2.05, 4.69) is 15.2 Å². The van der Waals surface area contributed by atoms with Crippen LogP contribution in [0.4, 0.5) is 20.6 Å². The van der Waals surface area contributed by atoms with Crippen LogP contribution in [0.3, 0.4) is 0 Å². The van der Waals surface area contributed by atoms with Crippen LogP contribution in [0, 0.1) is 5.82 Å². The Bertz CT molecular complexity index is 1190. The van der Waals surface area contributed by atoms with Gasteiger partial charge in [-0.15, -0.1) is 0 Å². The number of nitrogens with one attached hydrogen (secondary N) is 1. The van der Waals surface area contributed by atoms with Gasteiger partial charge < -0.3 is 10.1 Å². The number of hydrogen-bond acceptors (Lipinski definition) is 7. The predicted octanol–water partition coefficient (Wildman–Crippen LogP) is 4.51. The first-order valence-corrected chi connectivity index (χ1v) is 14.4. The van der Waals surface area contributed by atoms with Crippen LogP contribution in [0.5, 0.6) is 0 Å². The second kappa shape index (κ2) is 9.60. The molecular weight excluding hydrogens is 503 g/mol. The van der Waals surface area contributed by atoms with Gasteiger partial charge in [0.15, 0.2) is 5.82 Å². The van der Waals surface area contributed by atoms with Crippen molar-refractivity contribution in [2.75, 3.05) is 29.9 Å². The van der Waals surface area contributed by atoms with Crippen LogP contribution in [-0.4, -0.2) is 55.7 Å². The molecule has 12 heteroatoms. The Morgan fingerprint density at radius 3 is 2.59 bits per heavy atom. The highest BCUT2D eigenvalue weighted by Gasteiger charge is 2.44. The lowest BCUT2D eigenvalue weighted by molar-refractivity contribution is 0.0591. The quantitative estimate of drug-likeness (QED) is 0.602. The summed E-state index contributed by atoms with van der Waals surface area (Å²) in [5.41, 5.74) is 0.672. The van der Waals surface area contributed by atoms with Gasteiger partial charge in [-0.2, -0.15) is 8.42 Å². The maximum Gasteiger partial charge on any atom is 0.420 e. The zero-order valence-electron chi connectivity index (χ0n) is 19.3. The fourth-order valence-electron chi connectivity index (χ4n) is 4.70. The summed E-state index contributed by atoms with van der Waals surface area (Å²) in [5, 5.41) is 4.82. The molecule has 0 saturated carbocycles. The first kappa shape index (κ1) is 25.2. The van der Waals surface area contributed by atoms with Crippen molar-refractivity contribution in [2.45, 2.75) is 57.6 Å². The van der Waals surface area contributed by atoms with E-state index >= 15 is 4.39 Å². The summed E-state index contributed by atoms with van der Waals surface area (Å²) in [6.45, 7) is 7.86. The summed E-state index contributed by atoms with van der Waals surface area (Å²) >= 11 is 6.52. The van der Waals surface area contributed by atoms with Gasteiger partial charge in [-0.25, -0.2) is 19.1 Å². The van der Waals surface area contributed by atoms with Crippen molar-refractivity contribution in [1.82, 2.24) is 4.90 Å². The lowest BCUT2D eigenvalue weighted by atomic mass is 9.94. The van der Waals surface area contributed by atoms with Gasteiger partial charge in [0.2, 0.25) is 9.26 Å². The van der Waals surface area contributed by atoms with E-state index in [4.69, 9.17) is 16.3 Å². The van der Waals surface area contributed by atoms with Crippen molar-refractivity contribution in [3.05, 3.63) is 34.2 Å². The van der Waals surface area contributed by atoms with Crippen molar-refractivity contribution < 1.29 is 22.3 Å². The van der Waals surface area contributed by atoms with Gasteiger partial charge in [-0.3, -0.25) is 4.90 Å². The van der Waals surface area contributed by atoms with E-state index in [-0.39, 0.29) is 22.1 Å². The smallest absolute Gasteiger partial charge is 0.420 e. The second-order valence-corrected chi connectivity index (χ2v) is 13.5. The highest BCUT2D eigenvalue weighted by Crippen LogP contribution is 2.40. The number of nitrogens with zero attached hydrogens (tertiary/aromatic N) is 3. The van der Waals surface area contributed by atoms with E-state index in [9.17, 15) is 13.2 Å². The van der Waals surface area contributed by atoms with Crippen LogP contribution in [0.2, 0.25) is 5.02 Å². The number of benzene rings is 1. The van der Waals surface area contributed by atoms with Crippen LogP contribution < -0.4 is 10.2 Å². The number of rotatable bonds is 5. The van der Waals surface area contributed by atoms with Crippen LogP contribution >= 0.6 is 11.6 Å². The van der Waals surface area contributed by atoms with Gasteiger partial charge in [0, 0.05) is 33.0 Å². The molecule has 1 N–H and O–H groups in total. The Hall–Kier alpha value is -1.95. The average molecular weight is 531 g/mol. The number of hydrogen-bond donors (Lipinski definition) is 1. The molecule has 3 aliphatic heterocycles. The van der Waals surface area contributed by atoms with Crippen molar-refractivity contribution >= 4 is 53.3 Å². The highest BCUT2D eigenvalue weighted by molar-refractivity contribution is 8.42. The molecule has 1 atom stereocenters. The number of carbonyl (C=O) groups excluding carboxylic acids is 1. The average Bonchev–Trinajstić information content (AvgIpc) is 3.44. The van der Waals surface area contributed by atoms with E-state index in [1.54, 1.807) is 20.8 Å². The Balaban J connectivity index is 1.65. The molecule has 0 radical (unpaired) electrons. The van der Waals surface area contributed by atoms with Crippen LogP contribution in [0.25, 0.3) is 0 Å². The van der Waals surface area contributed by atoms with Gasteiger partial charge in [0.1, 0.15) is 11.4 Å². The van der Waals surface area contributed by atoms with Gasteiger partial charge in [0.05, 0.1) is 21.9 Å². The van der Waals surface area contributed by atoms with Crippen molar-refractivity contribution in [1.29, 1.82) is 0 Å². The third-order valence-electron chi connectivity index (χ3n) is 6.17. The van der Waals surface area contributed by atoms with E-state index in [1.165, 1.54) is 23.1 Å². The standard InChI is InChI=1S/C22H28ClFN4O4S2/c1-21(2,3)32-20(29)28(19-12-33(14-26-19)34(30)31)18-10-15(23)17(11-16(18)24)25-13-22-6-4-8-27(22)9-5-7-22/h10-12,14,25H,4-9,13H2,1-3H3. The molecule has 1 aromatic rings. The molecule has 1 unspecified atom stereocenters. The third kappa shape index (κ3) is 5.17. The second-order valence-electron chi connectivity index (χ2n) is 9.61. The minimum Gasteiger partial charge on any atom is -0.443 e. The normalized spacial score (nSPS) is 21.3. The van der Waals surface area contributed by atoms with E-state index < -0.39 is 36.2 Å². The Morgan fingerprint density at radius 2 is 2.00 bits per heavy atom. The molecule has 0 bridgehead atoms. The number of amides is 1. The maximum atomic E-state index is 15.4. The fourth-order valence-corrected chi connectivity index (χ4v) is 6.55. The Kier molecular flexibility index (Phi) is 7.10. The number of anilines is 2. The topological polar surface area (TPSA) is 91.3 Å². The lowest BCUT2D eigenvalue weighted by Gasteiger charge is -2.33. The lowest BCUT2D eigenvalue weighted by Crippen LogP contribution is -2.44. The van der Waals surface area contributed by atoms with Crippen molar-refractivity contribution in [3.8, 4) is 0 Å². The molecule has 186 valence electrons. The molecule has 2 fully saturated rings. The molecule has 0 spiro atoms. The summed E-state index contributed by atoms with van der Waals surface area (Å²) in [4.78, 5) is 20.4. The molecular formula is C22H28ClFN4O4S2. The minimum atomic E-state index is -2.45. The summed E-state index contributed by atoms with van der Waals surface area (Å²) < 4.78 is 43.6. The molecule has 1 amide bonds. The summed E-state index contributed by atoms with van der Waals surface area (Å²) in [5.74, 6) is -0.750. The highest BCUT2D eigenvalue weighted by atomic mass is 35.5. The van der Waals surface area contributed by atoms with Crippen LogP contribution in [-0.2, 0) is 23.5 Å². The molecule has 2 saturated heterocycles. The predicted molar refractivity (Wildman–Crippen MR) is 134 cm³/mol. The van der Waals surface area contributed by atoms with Gasteiger partial charge in [0.25, 0.3) is 0 Å². The number of ether oxygens (including phenoxy) is 1. The van der Waals surface area contributed by atoms with Crippen LogP contribution in [0.15, 0.2) is 28.4 Å². The van der Waals surface area contributed by atoms with Gasteiger partial charge >= 0.3 is 6.09 Å². The summed E-state index contributed by atoms with van der Waals surface area (Å²) in [6.07, 6.45) is 3.61. The number of fused-ring (bicyclic) bond motifs is 1. The van der Waals surface area contributed by atoms with Crippen molar-refractivity contribution in [2.24, 2.45) is 4.99 Å². The molecule has 34 heavy (non-hydrogen) atoms. The zero-order chi connectivity index (χ0) is 24.7. The van der Waals surface area contributed by atoms with E-state index in [0.29, 0.717) is 12.2 Å². The third-order valence-corrected chi connectivity index (χ3v) is 9.04. The first-order chi connectivity index (χ1) is 16.0. The SMILES string of the molecule is CC(C)(C)OC(=O)N(C1=CS(=S(=O)=O)C=N1)c1cc(Cl)c(NCC23CCCN2CCC3)cc1F. The summed E-state index contributed by atoms with van der Waals surface area (Å²) in [7, 11) is -3.77. The number of aliphatic imine (C=N–C) groups is 1. The molecule has 8 nitrogen and oxygen atoms in total. The molecule has 0 aromatic heterocycles. The number of carbonyl (C=O) groups is 1. The van der Waals surface area contributed by atoms with Gasteiger partial charge in [-0.05, 0) is 65.6 Å². The molecule has 3 aliphatic rings. The first-order valence-electron chi connectivity index (χ1n) is 11.1. The van der Waals surface area contributed by atoms with E-state index in [0.717, 1.165) is 43.7 Å². The Morgan fingerprint density at radius 1 is 1.32 bits per heavy atom. The zero-order valence-corrected chi connectivity index (χ0v) is 21.7. The van der Waals surface area contributed by atoms with Crippen molar-refractivity contribution in [3.63, 3.8) is 0 Å². The summed E-state index contributed by atoms with van der Waals surface area (Å²) in [6, 6.07) is 2.59.